The summed E-state index contributed by atoms with van der Waals surface area (Å²) in [5.41, 5.74) is 2.01. The number of aliphatic hydroxyl groups is 1. The van der Waals surface area contributed by atoms with E-state index in [2.05, 4.69) is 29.5 Å². The highest BCUT2D eigenvalue weighted by Crippen LogP contribution is 2.21. The third kappa shape index (κ3) is 7.48. The van der Waals surface area contributed by atoms with Crippen molar-refractivity contribution >= 4 is 17.6 Å². The Bertz CT molecular complexity index is 631. The number of guanidine groups is 1. The average molecular weight is 391 g/mol. The first-order valence-corrected chi connectivity index (χ1v) is 10.2. The summed E-state index contributed by atoms with van der Waals surface area (Å²) < 4.78 is 5.46. The molecule has 0 radical (unpaired) electrons. The lowest BCUT2D eigenvalue weighted by atomic mass is 10.2. The molecule has 0 spiro atoms. The molecule has 0 saturated carbocycles. The number of carbonyl (C=O) groups excluding carboxylic acids is 1. The molecule has 1 fully saturated rings. The second-order valence-corrected chi connectivity index (χ2v) is 7.48. The fourth-order valence-electron chi connectivity index (χ4n) is 2.93. The van der Waals surface area contributed by atoms with Gasteiger partial charge in [0, 0.05) is 38.3 Å². The number of hydrogen-bond acceptors (Lipinski definition) is 4. The molecule has 3 N–H and O–H groups in total. The summed E-state index contributed by atoms with van der Waals surface area (Å²) in [6, 6.07) is 7.96. The summed E-state index contributed by atoms with van der Waals surface area (Å²) in [5.74, 6) is 1.30. The Balaban J connectivity index is 1.83. The molecule has 1 unspecified atom stereocenters. The predicted octanol–water partition coefficient (Wildman–Crippen LogP) is 1.90. The first-order chi connectivity index (χ1) is 13.5. The maximum absolute atomic E-state index is 11.8. The molecule has 0 aliphatic carbocycles. The van der Waals surface area contributed by atoms with E-state index in [-0.39, 0.29) is 5.91 Å². The number of rotatable bonds is 10. The van der Waals surface area contributed by atoms with Crippen LogP contribution < -0.4 is 15.5 Å². The second kappa shape index (κ2) is 11.7. The van der Waals surface area contributed by atoms with Gasteiger partial charge in [-0.2, -0.15) is 0 Å². The van der Waals surface area contributed by atoms with E-state index in [1.54, 1.807) is 0 Å². The highest BCUT2D eigenvalue weighted by molar-refractivity contribution is 5.95. The molecular weight excluding hydrogens is 356 g/mol. The van der Waals surface area contributed by atoms with E-state index in [1.165, 1.54) is 0 Å². The number of aliphatic hydroxyl groups excluding tert-OH is 1. The third-order valence-corrected chi connectivity index (χ3v) is 4.35. The Morgan fingerprint density at radius 2 is 2.00 bits per heavy atom. The fourth-order valence-corrected chi connectivity index (χ4v) is 2.93. The lowest BCUT2D eigenvalue weighted by Gasteiger charge is -2.17. The number of hydrogen-bond donors (Lipinski definition) is 3. The summed E-state index contributed by atoms with van der Waals surface area (Å²) in [6.45, 7) is 9.54. The van der Waals surface area contributed by atoms with Crippen molar-refractivity contribution in [2.75, 3.05) is 37.7 Å². The molecule has 0 aromatic heterocycles. The number of nitrogens with zero attached hydrogens (tertiary/aromatic N) is 2. The van der Waals surface area contributed by atoms with Crippen LogP contribution in [0.5, 0.6) is 0 Å². The summed E-state index contributed by atoms with van der Waals surface area (Å²) in [5, 5.41) is 16.3. The van der Waals surface area contributed by atoms with Gasteiger partial charge in [-0.15, -0.1) is 0 Å². The number of aliphatic imine (C=N–C) groups is 1. The molecule has 0 bridgehead atoms. The molecule has 7 heteroatoms. The van der Waals surface area contributed by atoms with E-state index in [9.17, 15) is 9.90 Å². The van der Waals surface area contributed by atoms with Crippen molar-refractivity contribution in [2.24, 2.45) is 10.9 Å². The van der Waals surface area contributed by atoms with Crippen LogP contribution in [0, 0.1) is 5.92 Å². The first-order valence-electron chi connectivity index (χ1n) is 10.2. The molecule has 2 rings (SSSR count). The maximum Gasteiger partial charge on any atom is 0.227 e. The number of anilines is 1. The summed E-state index contributed by atoms with van der Waals surface area (Å²) in [6.07, 6.45) is 0.981. The van der Waals surface area contributed by atoms with E-state index in [0.29, 0.717) is 44.6 Å². The number of nitrogens with one attached hydrogen (secondary N) is 2. The minimum absolute atomic E-state index is 0.195. The largest absolute Gasteiger partial charge is 0.389 e. The fraction of sp³-hybridized carbons (Fsp3) is 0.619. The molecule has 1 aromatic carbocycles. The lowest BCUT2D eigenvalue weighted by Crippen LogP contribution is -2.42. The molecule has 1 aliphatic heterocycles. The minimum Gasteiger partial charge on any atom is -0.389 e. The summed E-state index contributed by atoms with van der Waals surface area (Å²) in [7, 11) is 0. The van der Waals surface area contributed by atoms with Crippen molar-refractivity contribution in [3.8, 4) is 0 Å². The van der Waals surface area contributed by atoms with Crippen molar-refractivity contribution < 1.29 is 14.6 Å². The van der Waals surface area contributed by atoms with E-state index in [1.807, 2.05) is 36.1 Å². The molecule has 1 aliphatic rings. The zero-order valence-corrected chi connectivity index (χ0v) is 17.3. The van der Waals surface area contributed by atoms with Crippen LogP contribution in [0.1, 0.15) is 39.2 Å². The number of benzene rings is 1. The Kier molecular flexibility index (Phi) is 9.23. The van der Waals surface area contributed by atoms with E-state index in [0.717, 1.165) is 30.8 Å². The third-order valence-electron chi connectivity index (χ3n) is 4.35. The standard InChI is InChI=1S/C21H34N4O3/c1-4-22-21(24-13-19(26)15-28-14-16(2)3)23-12-17-7-9-18(10-8-17)25-11-5-6-20(25)27/h7-10,16,19,26H,4-6,11-15H2,1-3H3,(H2,22,23,24). The van der Waals surface area contributed by atoms with Crippen LogP contribution >= 0.6 is 0 Å². The Labute approximate surface area is 168 Å². The average Bonchev–Trinajstić information content (AvgIpc) is 3.10. The van der Waals surface area contributed by atoms with Gasteiger partial charge in [0.15, 0.2) is 5.96 Å². The van der Waals surface area contributed by atoms with Crippen LogP contribution in [0.4, 0.5) is 5.69 Å². The van der Waals surface area contributed by atoms with Gasteiger partial charge in [-0.25, -0.2) is 4.99 Å². The van der Waals surface area contributed by atoms with Crippen molar-refractivity contribution in [3.63, 3.8) is 0 Å². The number of amides is 1. The zero-order chi connectivity index (χ0) is 20.4. The first kappa shape index (κ1) is 22.2. The Morgan fingerprint density at radius 1 is 1.25 bits per heavy atom. The zero-order valence-electron chi connectivity index (χ0n) is 17.3. The van der Waals surface area contributed by atoms with Crippen molar-refractivity contribution in [2.45, 2.75) is 46.3 Å². The van der Waals surface area contributed by atoms with Gasteiger partial charge in [0.25, 0.3) is 0 Å². The molecule has 1 heterocycles. The van der Waals surface area contributed by atoms with Crippen LogP contribution in [0.3, 0.4) is 0 Å². The normalized spacial score (nSPS) is 16.0. The second-order valence-electron chi connectivity index (χ2n) is 7.48. The number of carbonyl (C=O) groups is 1. The molecule has 28 heavy (non-hydrogen) atoms. The van der Waals surface area contributed by atoms with Gasteiger partial charge in [0.05, 0.1) is 19.3 Å². The monoisotopic (exact) mass is 390 g/mol. The molecular formula is C21H34N4O3. The van der Waals surface area contributed by atoms with Gasteiger partial charge >= 0.3 is 0 Å². The van der Waals surface area contributed by atoms with Gasteiger partial charge in [-0.3, -0.25) is 4.79 Å². The van der Waals surface area contributed by atoms with Gasteiger partial charge in [0.1, 0.15) is 0 Å². The highest BCUT2D eigenvalue weighted by Gasteiger charge is 2.21. The van der Waals surface area contributed by atoms with Gasteiger partial charge in [-0.1, -0.05) is 26.0 Å². The summed E-state index contributed by atoms with van der Waals surface area (Å²) in [4.78, 5) is 18.2. The molecule has 156 valence electrons. The smallest absolute Gasteiger partial charge is 0.227 e. The van der Waals surface area contributed by atoms with Crippen LogP contribution in [0.15, 0.2) is 29.3 Å². The quantitative estimate of drug-likeness (QED) is 0.420. The minimum atomic E-state index is -0.583. The van der Waals surface area contributed by atoms with Crippen LogP contribution in [0.2, 0.25) is 0 Å². The molecule has 1 atom stereocenters. The molecule has 7 nitrogen and oxygen atoms in total. The predicted molar refractivity (Wildman–Crippen MR) is 113 cm³/mol. The number of ether oxygens (including phenoxy) is 1. The molecule has 1 saturated heterocycles. The lowest BCUT2D eigenvalue weighted by molar-refractivity contribution is -0.117. The molecule has 1 amide bonds. The maximum atomic E-state index is 11.8. The van der Waals surface area contributed by atoms with Gasteiger partial charge < -0.3 is 25.4 Å². The SMILES string of the molecule is CCNC(=NCc1ccc(N2CCCC2=O)cc1)NCC(O)COCC(C)C. The van der Waals surface area contributed by atoms with Gasteiger partial charge in [-0.05, 0) is 37.0 Å². The van der Waals surface area contributed by atoms with Crippen molar-refractivity contribution in [1.82, 2.24) is 10.6 Å². The Morgan fingerprint density at radius 3 is 2.61 bits per heavy atom. The van der Waals surface area contributed by atoms with E-state index >= 15 is 0 Å². The Hall–Kier alpha value is -2.12. The summed E-state index contributed by atoms with van der Waals surface area (Å²) >= 11 is 0. The van der Waals surface area contributed by atoms with Crippen LogP contribution in [-0.4, -0.2) is 55.9 Å². The van der Waals surface area contributed by atoms with Gasteiger partial charge in [0.2, 0.25) is 5.91 Å². The van der Waals surface area contributed by atoms with Crippen molar-refractivity contribution in [3.05, 3.63) is 29.8 Å². The molecule has 1 aromatic rings. The van der Waals surface area contributed by atoms with Crippen LogP contribution in [-0.2, 0) is 16.1 Å². The topological polar surface area (TPSA) is 86.2 Å². The van der Waals surface area contributed by atoms with Crippen LogP contribution in [0.25, 0.3) is 0 Å². The van der Waals surface area contributed by atoms with Crippen molar-refractivity contribution in [1.29, 1.82) is 0 Å². The highest BCUT2D eigenvalue weighted by atomic mass is 16.5. The van der Waals surface area contributed by atoms with E-state index in [4.69, 9.17) is 4.74 Å². The van der Waals surface area contributed by atoms with E-state index < -0.39 is 6.10 Å².